The van der Waals surface area contributed by atoms with Crippen LogP contribution in [0.3, 0.4) is 0 Å². The maximum absolute atomic E-state index is 12.1. The molecule has 156 valence electrons. The predicted molar refractivity (Wildman–Crippen MR) is 118 cm³/mol. The van der Waals surface area contributed by atoms with E-state index in [-0.39, 0.29) is 58.7 Å². The summed E-state index contributed by atoms with van der Waals surface area (Å²) in [4.78, 5) is 14.3. The summed E-state index contributed by atoms with van der Waals surface area (Å²) >= 11 is 4.90. The molecule has 1 unspecified atom stereocenters. The monoisotopic (exact) mass is 468 g/mol. The third-order valence-corrected chi connectivity index (χ3v) is 5.80. The van der Waals surface area contributed by atoms with Gasteiger partial charge in [0.05, 0.1) is 6.04 Å². The van der Waals surface area contributed by atoms with Gasteiger partial charge in [-0.2, -0.15) is 0 Å². The molecule has 9 heteroatoms. The Morgan fingerprint density at radius 2 is 1.52 bits per heavy atom. The van der Waals surface area contributed by atoms with Gasteiger partial charge in [-0.1, -0.05) is 61.9 Å². The van der Waals surface area contributed by atoms with Crippen LogP contribution in [0.5, 0.6) is 0 Å². The number of carbonyl (C=O) groups excluding carboxylic acids is 1. The molecule has 0 heterocycles. The fraction of sp³-hybridized carbons (Fsp3) is 0.350. The van der Waals surface area contributed by atoms with Gasteiger partial charge in [0.2, 0.25) is 0 Å². The summed E-state index contributed by atoms with van der Waals surface area (Å²) in [6, 6.07) is 15.8. The number of carbonyl (C=O) groups is 1. The molecule has 0 radical (unpaired) electrons. The minimum absolute atomic E-state index is 0. The minimum Gasteiger partial charge on any atom is -0.458 e. The van der Waals surface area contributed by atoms with Crippen LogP contribution >= 0.6 is 24.2 Å². The van der Waals surface area contributed by atoms with E-state index in [1.54, 1.807) is 12.1 Å². The Kier molecular flexibility index (Phi) is 16.3. The predicted octanol–water partition coefficient (Wildman–Crippen LogP) is 2.24. The van der Waals surface area contributed by atoms with E-state index >= 15 is 0 Å². The third-order valence-electron chi connectivity index (χ3n) is 4.21. The number of aryl methyl sites for hydroxylation is 1. The van der Waals surface area contributed by atoms with Gasteiger partial charge in [0.25, 0.3) is 0 Å². The topological polar surface area (TPSA) is 68.6 Å². The summed E-state index contributed by atoms with van der Waals surface area (Å²) in [5.74, 6) is 0.208. The quantitative estimate of drug-likeness (QED) is 0.461. The van der Waals surface area contributed by atoms with Crippen molar-refractivity contribution in [2.24, 2.45) is 0 Å². The SMILES string of the molecule is CCN(CC)C(C)C(=O)c1ccccc1.Cc1ccc(S(=O)(=O)[N-]Cl)cc1.Cl.[Na+]. The van der Waals surface area contributed by atoms with Crippen LogP contribution in [-0.2, 0) is 10.0 Å². The summed E-state index contributed by atoms with van der Waals surface area (Å²) in [6.07, 6.45) is 0. The van der Waals surface area contributed by atoms with E-state index in [0.29, 0.717) is 0 Å². The van der Waals surface area contributed by atoms with Gasteiger partial charge < -0.3 is 4.24 Å². The average Bonchev–Trinajstić information content (AvgIpc) is 2.69. The fourth-order valence-electron chi connectivity index (χ4n) is 2.53. The Balaban J connectivity index is 0. The van der Waals surface area contributed by atoms with E-state index in [2.05, 4.69) is 23.0 Å². The molecule has 5 nitrogen and oxygen atoms in total. The number of benzene rings is 2. The van der Waals surface area contributed by atoms with Crippen LogP contribution in [0, 0.1) is 6.92 Å². The van der Waals surface area contributed by atoms with Gasteiger partial charge in [0.15, 0.2) is 5.78 Å². The zero-order valence-corrected chi connectivity index (χ0v) is 21.9. The second kappa shape index (κ2) is 15.4. The van der Waals surface area contributed by atoms with Crippen molar-refractivity contribution < 1.29 is 42.8 Å². The third kappa shape index (κ3) is 9.94. The summed E-state index contributed by atoms with van der Waals surface area (Å²) in [7, 11) is -3.62. The molecule has 2 aromatic rings. The van der Waals surface area contributed by atoms with Gasteiger partial charge in [-0.3, -0.25) is 21.5 Å². The Labute approximate surface area is 208 Å². The smallest absolute Gasteiger partial charge is 0.458 e. The molecule has 0 saturated carbocycles. The van der Waals surface area contributed by atoms with Crippen LogP contribution in [0.1, 0.15) is 36.7 Å². The molecule has 1 atom stereocenters. The van der Waals surface area contributed by atoms with Crippen LogP contribution in [-0.4, -0.2) is 38.2 Å². The van der Waals surface area contributed by atoms with Gasteiger partial charge in [-0.25, -0.2) is 8.42 Å². The molecule has 0 N–H and O–H groups in total. The van der Waals surface area contributed by atoms with E-state index in [4.69, 9.17) is 11.8 Å². The molecule has 0 amide bonds. The average molecular weight is 469 g/mol. The molecule has 0 spiro atoms. The molecule has 0 saturated heterocycles. The largest absolute Gasteiger partial charge is 1.00 e. The first-order valence-electron chi connectivity index (χ1n) is 8.75. The van der Waals surface area contributed by atoms with Gasteiger partial charge in [0, 0.05) is 10.5 Å². The van der Waals surface area contributed by atoms with Gasteiger partial charge in [-0.05, 0) is 39.1 Å². The Morgan fingerprint density at radius 1 is 1.03 bits per heavy atom. The number of rotatable bonds is 7. The van der Waals surface area contributed by atoms with Crippen molar-refractivity contribution in [3.05, 3.63) is 70.0 Å². The zero-order chi connectivity index (χ0) is 20.4. The van der Waals surface area contributed by atoms with Crippen molar-refractivity contribution in [2.75, 3.05) is 13.1 Å². The van der Waals surface area contributed by atoms with Crippen molar-refractivity contribution in [2.45, 2.75) is 38.6 Å². The van der Waals surface area contributed by atoms with Crippen LogP contribution in [0.2, 0.25) is 0 Å². The zero-order valence-electron chi connectivity index (χ0n) is 17.5. The minimum atomic E-state index is -3.62. The normalized spacial score (nSPS) is 11.4. The molecular weight excluding hydrogens is 442 g/mol. The van der Waals surface area contributed by atoms with Gasteiger partial charge >= 0.3 is 29.6 Å². The summed E-state index contributed by atoms with van der Waals surface area (Å²) in [6.45, 7) is 9.83. The van der Waals surface area contributed by atoms with Crippen molar-refractivity contribution in [3.8, 4) is 0 Å². The fourth-order valence-corrected chi connectivity index (χ4v) is 3.33. The first-order valence-corrected chi connectivity index (χ1v) is 10.5. The van der Waals surface area contributed by atoms with Gasteiger partial charge in [-0.15, -0.1) is 12.4 Å². The summed E-state index contributed by atoms with van der Waals surface area (Å²) in [5.41, 5.74) is 1.79. The molecule has 2 rings (SSSR count). The summed E-state index contributed by atoms with van der Waals surface area (Å²) < 4.78 is 24.8. The molecular formula is C20H27Cl2N2NaO3S. The number of likely N-dealkylation sites (N-methyl/N-ethyl adjacent to an activating group) is 1. The second-order valence-corrected chi connectivity index (χ2v) is 7.96. The molecule has 2 aromatic carbocycles. The van der Waals surface area contributed by atoms with Crippen molar-refractivity contribution in [1.82, 2.24) is 4.90 Å². The maximum Gasteiger partial charge on any atom is 1.00 e. The van der Waals surface area contributed by atoms with Crippen LogP contribution < -0.4 is 29.6 Å². The van der Waals surface area contributed by atoms with Crippen LogP contribution in [0.15, 0.2) is 59.5 Å². The maximum atomic E-state index is 12.1. The standard InChI is InChI=1S/C13H19NO.C7H7ClNO2S.ClH.Na/c1-4-14(5-2)11(3)13(15)12-9-7-6-8-10-12;1-6-2-4-7(5-3-6)12(10,11)9-8;;/h6-11H,4-5H2,1-3H3;2-5H,1H3;1H;/q;-1;;+1. The Bertz CT molecular complexity index is 815. The Hall–Kier alpha value is -0.440. The molecule has 0 fully saturated rings. The number of nitrogens with zero attached hydrogens (tertiary/aromatic N) is 2. The molecule has 0 aliphatic carbocycles. The van der Waals surface area contributed by atoms with Crippen LogP contribution in [0.4, 0.5) is 0 Å². The van der Waals surface area contributed by atoms with E-state index in [0.717, 1.165) is 24.2 Å². The van der Waals surface area contributed by atoms with Crippen molar-refractivity contribution in [3.63, 3.8) is 0 Å². The summed E-state index contributed by atoms with van der Waals surface area (Å²) in [5, 5.41) is 0. The molecule has 0 bridgehead atoms. The first-order chi connectivity index (χ1) is 12.8. The number of ketones is 1. The van der Waals surface area contributed by atoms with E-state index < -0.39 is 10.0 Å². The second-order valence-electron chi connectivity index (χ2n) is 5.98. The van der Waals surface area contributed by atoms with E-state index in [9.17, 15) is 13.2 Å². The Morgan fingerprint density at radius 3 is 1.93 bits per heavy atom. The number of sulfonamides is 1. The number of halogens is 2. The molecule has 0 aliphatic heterocycles. The molecule has 0 aromatic heterocycles. The first kappa shape index (κ1) is 30.8. The molecule has 0 aliphatic rings. The molecule has 29 heavy (non-hydrogen) atoms. The van der Waals surface area contributed by atoms with Gasteiger partial charge in [0.1, 0.15) is 10.0 Å². The number of hydrogen-bond donors (Lipinski definition) is 0. The van der Waals surface area contributed by atoms with Crippen molar-refractivity contribution in [1.29, 1.82) is 0 Å². The number of hydrogen-bond acceptors (Lipinski definition) is 4. The number of Topliss-reactive ketones (excluding diaryl/α,β-unsaturated/α-hetero) is 1. The van der Waals surface area contributed by atoms with E-state index in [1.807, 2.05) is 44.2 Å². The van der Waals surface area contributed by atoms with Crippen LogP contribution in [0.25, 0.3) is 4.24 Å². The van der Waals surface area contributed by atoms with E-state index in [1.165, 1.54) is 12.1 Å². The van der Waals surface area contributed by atoms with Crippen molar-refractivity contribution >= 4 is 40.0 Å².